The van der Waals surface area contributed by atoms with E-state index < -0.39 is 28.9 Å². The van der Waals surface area contributed by atoms with Crippen molar-refractivity contribution in [2.75, 3.05) is 28.2 Å². The number of nitrogens with zero attached hydrogens (tertiary/aromatic N) is 1. The molecule has 0 bridgehead atoms. The molecule has 0 atom stereocenters. The van der Waals surface area contributed by atoms with E-state index in [1.807, 2.05) is 0 Å². The van der Waals surface area contributed by atoms with Gasteiger partial charge in [-0.1, -0.05) is 0 Å². The van der Waals surface area contributed by atoms with Crippen LogP contribution in [0, 0.1) is 17.0 Å². The fraction of sp³-hybridized carbons (Fsp3) is 0.240. The molecule has 0 radical (unpaired) electrons. The van der Waals surface area contributed by atoms with Crippen molar-refractivity contribution in [2.45, 2.75) is 24.2 Å². The molecule has 7 nitrogen and oxygen atoms in total. The lowest BCUT2D eigenvalue weighted by molar-refractivity contribution is -0.131. The number of nitrogens with one attached hydrogen (secondary N) is 3. The molecule has 0 saturated heterocycles. The second kappa shape index (κ2) is 9.53. The Balaban J connectivity index is 1.27. The summed E-state index contributed by atoms with van der Waals surface area (Å²) in [5.74, 6) is 0.0375. The van der Waals surface area contributed by atoms with Gasteiger partial charge in [-0.3, -0.25) is 9.59 Å². The highest BCUT2D eigenvalue weighted by Crippen LogP contribution is 2.47. The quantitative estimate of drug-likeness (QED) is 0.395. The van der Waals surface area contributed by atoms with Crippen LogP contribution >= 0.6 is 11.8 Å². The van der Waals surface area contributed by atoms with Crippen LogP contribution in [0.4, 0.5) is 26.0 Å². The minimum atomic E-state index is -1.24. The number of aromatic nitrogens is 1. The number of carbonyl (C=O) groups excluding carboxylic acids is 2. The zero-order chi connectivity index (χ0) is 24.4. The molecule has 1 aliphatic heterocycles. The minimum absolute atomic E-state index is 0.0106. The summed E-state index contributed by atoms with van der Waals surface area (Å²) in [5, 5.41) is 8.52. The highest BCUT2D eigenvalue weighted by Gasteiger charge is 2.56. The van der Waals surface area contributed by atoms with Crippen LogP contribution in [0.25, 0.3) is 0 Å². The van der Waals surface area contributed by atoms with E-state index in [0.717, 1.165) is 29.7 Å². The fourth-order valence-corrected chi connectivity index (χ4v) is 4.73. The second-order valence-electron chi connectivity index (χ2n) is 8.36. The van der Waals surface area contributed by atoms with Gasteiger partial charge < -0.3 is 20.7 Å². The van der Waals surface area contributed by atoms with Crippen LogP contribution in [0.3, 0.4) is 0 Å². The molecule has 1 fully saturated rings. The largest absolute Gasteiger partial charge is 0.453 e. The molecule has 0 spiro atoms. The summed E-state index contributed by atoms with van der Waals surface area (Å²) >= 11 is 1.60. The van der Waals surface area contributed by atoms with Gasteiger partial charge in [0.15, 0.2) is 11.6 Å². The van der Waals surface area contributed by atoms with Gasteiger partial charge >= 0.3 is 0 Å². The lowest BCUT2D eigenvalue weighted by atomic mass is 10.0. The van der Waals surface area contributed by atoms with Crippen LogP contribution < -0.4 is 20.7 Å². The highest BCUT2D eigenvalue weighted by atomic mass is 32.2. The summed E-state index contributed by atoms with van der Waals surface area (Å²) in [7, 11) is 0. The van der Waals surface area contributed by atoms with Gasteiger partial charge in [-0.2, -0.15) is 0 Å². The number of rotatable bonds is 6. The molecule has 1 saturated carbocycles. The predicted molar refractivity (Wildman–Crippen MR) is 130 cm³/mol. The zero-order valence-electron chi connectivity index (χ0n) is 18.6. The van der Waals surface area contributed by atoms with Crippen molar-refractivity contribution in [3.63, 3.8) is 0 Å². The Morgan fingerprint density at radius 2 is 1.69 bits per heavy atom. The monoisotopic (exact) mass is 496 g/mol. The first-order valence-corrected chi connectivity index (χ1v) is 12.1. The van der Waals surface area contributed by atoms with E-state index in [9.17, 15) is 18.4 Å². The van der Waals surface area contributed by atoms with E-state index in [0.29, 0.717) is 30.1 Å². The normalized spacial score (nSPS) is 15.7. The third-order valence-electron chi connectivity index (χ3n) is 5.86. The Bertz CT molecular complexity index is 1280. The van der Waals surface area contributed by atoms with Crippen molar-refractivity contribution >= 4 is 40.8 Å². The SMILES string of the molecule is O=C(Nc1ccc(F)cc1)C1(C(=O)Nc2ccc(Oc3ccnc4c3SCCCN4)c(F)c2)CC1. The Morgan fingerprint density at radius 3 is 2.40 bits per heavy atom. The number of hydrogen-bond acceptors (Lipinski definition) is 6. The summed E-state index contributed by atoms with van der Waals surface area (Å²) in [6.45, 7) is 0.808. The number of halogens is 2. The number of anilines is 3. The van der Waals surface area contributed by atoms with Crippen LogP contribution in [0.5, 0.6) is 11.5 Å². The van der Waals surface area contributed by atoms with Gasteiger partial charge in [-0.25, -0.2) is 13.8 Å². The zero-order valence-corrected chi connectivity index (χ0v) is 19.4. The van der Waals surface area contributed by atoms with Crippen LogP contribution in [-0.2, 0) is 9.59 Å². The lowest BCUT2D eigenvalue weighted by Crippen LogP contribution is -2.35. The summed E-state index contributed by atoms with van der Waals surface area (Å²) < 4.78 is 33.8. The standard InChI is InChI=1S/C25H22F2N4O3S/c26-15-2-4-16(5-3-15)30-23(32)25(9-10-25)24(33)31-17-6-7-19(18(27)14-17)34-20-8-12-29-22-21(20)35-13-1-11-28-22/h2-8,12,14H,1,9-11,13H2,(H,28,29)(H,30,32)(H,31,33). The van der Waals surface area contributed by atoms with E-state index in [4.69, 9.17) is 4.74 Å². The maximum absolute atomic E-state index is 14.9. The number of hydrogen-bond donors (Lipinski definition) is 3. The third kappa shape index (κ3) is 4.93. The predicted octanol–water partition coefficient (Wildman–Crippen LogP) is 5.42. The highest BCUT2D eigenvalue weighted by molar-refractivity contribution is 7.99. The van der Waals surface area contributed by atoms with Crippen LogP contribution in [-0.4, -0.2) is 29.1 Å². The van der Waals surface area contributed by atoms with Crippen molar-refractivity contribution in [3.05, 3.63) is 66.4 Å². The molecule has 0 unspecified atom stereocenters. The molecular weight excluding hydrogens is 474 g/mol. The van der Waals surface area contributed by atoms with Crippen molar-refractivity contribution in [1.29, 1.82) is 0 Å². The van der Waals surface area contributed by atoms with Crippen molar-refractivity contribution in [2.24, 2.45) is 5.41 Å². The average Bonchev–Trinajstić information content (AvgIpc) is 3.67. The van der Waals surface area contributed by atoms with Crippen LogP contribution in [0.2, 0.25) is 0 Å². The van der Waals surface area contributed by atoms with E-state index >= 15 is 0 Å². The van der Waals surface area contributed by atoms with Gasteiger partial charge in [0.2, 0.25) is 11.8 Å². The number of ether oxygens (including phenoxy) is 1. The molecule has 1 aliphatic carbocycles. The first kappa shape index (κ1) is 23.1. The Hall–Kier alpha value is -3.66. The molecule has 10 heteroatoms. The summed E-state index contributed by atoms with van der Waals surface area (Å²) in [4.78, 5) is 30.7. The molecule has 2 amide bonds. The average molecular weight is 497 g/mol. The number of carbonyl (C=O) groups is 2. The molecule has 5 rings (SSSR count). The maximum Gasteiger partial charge on any atom is 0.240 e. The number of pyridine rings is 1. The van der Waals surface area contributed by atoms with Gasteiger partial charge in [-0.05, 0) is 61.4 Å². The van der Waals surface area contributed by atoms with Crippen molar-refractivity contribution < 1.29 is 23.1 Å². The summed E-state index contributed by atoms with van der Waals surface area (Å²) in [6.07, 6.45) is 3.32. The van der Waals surface area contributed by atoms with Crippen LogP contribution in [0.15, 0.2) is 59.6 Å². The van der Waals surface area contributed by atoms with Gasteiger partial charge in [0.25, 0.3) is 0 Å². The number of thioether (sulfide) groups is 1. The second-order valence-corrected chi connectivity index (χ2v) is 9.47. The minimum Gasteiger partial charge on any atom is -0.453 e. The molecular formula is C25H22F2N4O3S. The molecule has 1 aromatic heterocycles. The molecule has 3 aromatic rings. The molecule has 2 heterocycles. The first-order chi connectivity index (χ1) is 16.9. The summed E-state index contributed by atoms with van der Waals surface area (Å²) in [6, 6.07) is 11.1. The van der Waals surface area contributed by atoms with E-state index in [1.54, 1.807) is 24.0 Å². The Kier molecular flexibility index (Phi) is 6.29. The molecule has 2 aliphatic rings. The molecule has 2 aromatic carbocycles. The number of amides is 2. The summed E-state index contributed by atoms with van der Waals surface area (Å²) in [5.41, 5.74) is -0.630. The van der Waals surface area contributed by atoms with Crippen LogP contribution in [0.1, 0.15) is 19.3 Å². The smallest absolute Gasteiger partial charge is 0.240 e. The lowest BCUT2D eigenvalue weighted by Gasteiger charge is -2.16. The number of benzene rings is 2. The molecule has 35 heavy (non-hydrogen) atoms. The fourth-order valence-electron chi connectivity index (χ4n) is 3.73. The Labute approximate surface area is 204 Å². The topological polar surface area (TPSA) is 92.4 Å². The van der Waals surface area contributed by atoms with E-state index in [2.05, 4.69) is 20.9 Å². The van der Waals surface area contributed by atoms with Crippen molar-refractivity contribution in [3.8, 4) is 11.5 Å². The molecule has 180 valence electrons. The third-order valence-corrected chi connectivity index (χ3v) is 7.04. The Morgan fingerprint density at radius 1 is 0.971 bits per heavy atom. The van der Waals surface area contributed by atoms with Gasteiger partial charge in [0.05, 0.1) is 4.90 Å². The van der Waals surface area contributed by atoms with Gasteiger partial charge in [-0.15, -0.1) is 11.8 Å². The van der Waals surface area contributed by atoms with Crippen molar-refractivity contribution in [1.82, 2.24) is 4.98 Å². The maximum atomic E-state index is 14.9. The van der Waals surface area contributed by atoms with E-state index in [-0.39, 0.29) is 11.4 Å². The molecule has 3 N–H and O–H groups in total. The van der Waals surface area contributed by atoms with E-state index in [1.165, 1.54) is 36.4 Å². The first-order valence-electron chi connectivity index (χ1n) is 11.2. The van der Waals surface area contributed by atoms with Gasteiger partial charge in [0.1, 0.15) is 22.8 Å². The number of fused-ring (bicyclic) bond motifs is 1. The van der Waals surface area contributed by atoms with Gasteiger partial charge in [0, 0.05) is 36.2 Å².